The number of carboxylic acids is 1. The average Bonchev–Trinajstić information content (AvgIpc) is 2.35. The summed E-state index contributed by atoms with van der Waals surface area (Å²) in [4.78, 5) is 13.0. The number of carboxylic acid groups (broad SMARTS) is 1. The minimum absolute atomic E-state index is 0.257. The highest BCUT2D eigenvalue weighted by Crippen LogP contribution is 2.25. The van der Waals surface area contributed by atoms with E-state index >= 15 is 0 Å². The lowest BCUT2D eigenvalue weighted by molar-refractivity contribution is -0.163. The predicted octanol–water partition coefficient (Wildman–Crippen LogP) is 1.75. The van der Waals surface area contributed by atoms with E-state index in [2.05, 4.69) is 4.90 Å². The highest BCUT2D eigenvalue weighted by molar-refractivity contribution is 6.31. The molecule has 0 amide bonds. The topological polar surface area (TPSA) is 60.8 Å². The number of nitrogens with zero attached hydrogens (tertiary/aromatic N) is 1. The largest absolute Gasteiger partial charge is 0.479 e. The summed E-state index contributed by atoms with van der Waals surface area (Å²) in [5, 5.41) is 19.5. The van der Waals surface area contributed by atoms with Crippen LogP contribution >= 0.6 is 11.6 Å². The maximum atomic E-state index is 10.9. The Morgan fingerprint density at radius 1 is 1.33 bits per heavy atom. The van der Waals surface area contributed by atoms with Crippen LogP contribution in [0.25, 0.3) is 0 Å². The zero-order chi connectivity index (χ0) is 13.2. The second kappa shape index (κ2) is 5.26. The first-order valence-corrected chi connectivity index (χ1v) is 6.30. The Morgan fingerprint density at radius 2 is 1.94 bits per heavy atom. The molecule has 0 atom stereocenters. The van der Waals surface area contributed by atoms with Crippen molar-refractivity contribution < 1.29 is 15.0 Å². The van der Waals surface area contributed by atoms with Gasteiger partial charge in [-0.2, -0.15) is 0 Å². The first kappa shape index (κ1) is 13.3. The molecule has 5 heteroatoms. The van der Waals surface area contributed by atoms with Gasteiger partial charge in [0.1, 0.15) is 0 Å². The number of benzene rings is 1. The fraction of sp³-hybridized carbons (Fsp3) is 0.462. The third-order valence-electron chi connectivity index (χ3n) is 3.43. The van der Waals surface area contributed by atoms with E-state index in [1.54, 1.807) is 0 Å². The standard InChI is InChI=1S/C13H16ClNO3/c14-11-4-2-1-3-10(11)9-15-7-5-13(18,6-8-15)12(16)17/h1-4,18H,5-9H2,(H,16,17). The van der Waals surface area contributed by atoms with E-state index in [4.69, 9.17) is 16.7 Å². The minimum atomic E-state index is -1.56. The molecule has 0 bridgehead atoms. The van der Waals surface area contributed by atoms with Gasteiger partial charge in [0.25, 0.3) is 0 Å². The molecule has 0 aliphatic carbocycles. The van der Waals surface area contributed by atoms with Crippen molar-refractivity contribution in [2.45, 2.75) is 25.0 Å². The van der Waals surface area contributed by atoms with Crippen molar-refractivity contribution in [1.82, 2.24) is 4.90 Å². The molecule has 0 aromatic heterocycles. The van der Waals surface area contributed by atoms with Crippen molar-refractivity contribution in [2.75, 3.05) is 13.1 Å². The van der Waals surface area contributed by atoms with Gasteiger partial charge in [0.15, 0.2) is 5.60 Å². The zero-order valence-corrected chi connectivity index (χ0v) is 10.7. The molecule has 2 N–H and O–H groups in total. The molecule has 18 heavy (non-hydrogen) atoms. The van der Waals surface area contributed by atoms with Crippen LogP contribution in [0.4, 0.5) is 0 Å². The van der Waals surface area contributed by atoms with Gasteiger partial charge in [0, 0.05) is 24.7 Å². The first-order valence-electron chi connectivity index (χ1n) is 5.93. The molecule has 1 fully saturated rings. The number of halogens is 1. The number of likely N-dealkylation sites (tertiary alicyclic amines) is 1. The van der Waals surface area contributed by atoms with E-state index in [0.29, 0.717) is 19.6 Å². The Hall–Kier alpha value is -1.10. The number of hydrogen-bond donors (Lipinski definition) is 2. The van der Waals surface area contributed by atoms with Gasteiger partial charge in [-0.1, -0.05) is 29.8 Å². The van der Waals surface area contributed by atoms with Gasteiger partial charge in [0.2, 0.25) is 0 Å². The molecule has 0 saturated carbocycles. The summed E-state index contributed by atoms with van der Waals surface area (Å²) in [6, 6.07) is 7.61. The maximum Gasteiger partial charge on any atom is 0.335 e. The highest BCUT2D eigenvalue weighted by atomic mass is 35.5. The van der Waals surface area contributed by atoms with E-state index in [1.807, 2.05) is 24.3 Å². The number of carbonyl (C=O) groups is 1. The quantitative estimate of drug-likeness (QED) is 0.878. The zero-order valence-electron chi connectivity index (χ0n) is 9.97. The summed E-state index contributed by atoms with van der Waals surface area (Å²) in [6.07, 6.45) is 0.513. The van der Waals surface area contributed by atoms with Gasteiger partial charge in [-0.05, 0) is 24.5 Å². The van der Waals surface area contributed by atoms with Gasteiger partial charge in [-0.25, -0.2) is 4.79 Å². The normalized spacial score (nSPS) is 19.7. The molecule has 4 nitrogen and oxygen atoms in total. The molecule has 1 heterocycles. The minimum Gasteiger partial charge on any atom is -0.479 e. The maximum absolute atomic E-state index is 10.9. The summed E-state index contributed by atoms with van der Waals surface area (Å²) in [7, 11) is 0. The lowest BCUT2D eigenvalue weighted by Crippen LogP contribution is -2.49. The molecule has 0 unspecified atom stereocenters. The molecule has 1 saturated heterocycles. The Kier molecular flexibility index (Phi) is 3.90. The van der Waals surface area contributed by atoms with Crippen molar-refractivity contribution in [3.05, 3.63) is 34.9 Å². The Morgan fingerprint density at radius 3 is 2.50 bits per heavy atom. The molecule has 1 aliphatic heterocycles. The third kappa shape index (κ3) is 2.83. The number of aliphatic hydroxyl groups is 1. The third-order valence-corrected chi connectivity index (χ3v) is 3.80. The number of piperidine rings is 1. The van der Waals surface area contributed by atoms with Crippen molar-refractivity contribution in [3.63, 3.8) is 0 Å². The van der Waals surface area contributed by atoms with Gasteiger partial charge in [-0.15, -0.1) is 0 Å². The lowest BCUT2D eigenvalue weighted by atomic mass is 9.91. The number of rotatable bonds is 3. The van der Waals surface area contributed by atoms with Crippen LogP contribution in [0.2, 0.25) is 5.02 Å². The van der Waals surface area contributed by atoms with E-state index in [9.17, 15) is 9.90 Å². The molecule has 98 valence electrons. The van der Waals surface area contributed by atoms with Crippen molar-refractivity contribution in [3.8, 4) is 0 Å². The van der Waals surface area contributed by atoms with Crippen molar-refractivity contribution >= 4 is 17.6 Å². The molecular weight excluding hydrogens is 254 g/mol. The predicted molar refractivity (Wildman–Crippen MR) is 68.5 cm³/mol. The fourth-order valence-corrected chi connectivity index (χ4v) is 2.36. The second-order valence-corrected chi connectivity index (χ2v) is 5.11. The lowest BCUT2D eigenvalue weighted by Gasteiger charge is -2.35. The van der Waals surface area contributed by atoms with Gasteiger partial charge >= 0.3 is 5.97 Å². The van der Waals surface area contributed by atoms with Gasteiger partial charge in [0.05, 0.1) is 0 Å². The first-order chi connectivity index (χ1) is 8.51. The molecule has 1 aliphatic rings. The van der Waals surface area contributed by atoms with Crippen LogP contribution < -0.4 is 0 Å². The van der Waals surface area contributed by atoms with Gasteiger partial charge in [-0.3, -0.25) is 4.90 Å². The molecule has 1 aromatic carbocycles. The summed E-state index contributed by atoms with van der Waals surface area (Å²) in [5.41, 5.74) is -0.531. The monoisotopic (exact) mass is 269 g/mol. The summed E-state index contributed by atoms with van der Waals surface area (Å²) >= 11 is 6.08. The number of aliphatic carboxylic acids is 1. The Labute approximate surface area is 111 Å². The van der Waals surface area contributed by atoms with Crippen LogP contribution in [0.3, 0.4) is 0 Å². The molecule has 0 radical (unpaired) electrons. The summed E-state index contributed by atoms with van der Waals surface area (Å²) < 4.78 is 0. The van der Waals surface area contributed by atoms with Crippen LogP contribution in [-0.4, -0.2) is 39.8 Å². The number of hydrogen-bond acceptors (Lipinski definition) is 3. The molecule has 0 spiro atoms. The van der Waals surface area contributed by atoms with Crippen LogP contribution in [0.15, 0.2) is 24.3 Å². The van der Waals surface area contributed by atoms with Crippen molar-refractivity contribution in [2.24, 2.45) is 0 Å². The average molecular weight is 270 g/mol. The highest BCUT2D eigenvalue weighted by Gasteiger charge is 2.39. The van der Waals surface area contributed by atoms with E-state index in [0.717, 1.165) is 10.6 Å². The van der Waals surface area contributed by atoms with Crippen LogP contribution in [0.5, 0.6) is 0 Å². The fourth-order valence-electron chi connectivity index (χ4n) is 2.16. The van der Waals surface area contributed by atoms with E-state index < -0.39 is 11.6 Å². The Balaban J connectivity index is 1.95. The van der Waals surface area contributed by atoms with Crippen LogP contribution in [0, 0.1) is 0 Å². The smallest absolute Gasteiger partial charge is 0.335 e. The summed E-state index contributed by atoms with van der Waals surface area (Å²) in [6.45, 7) is 1.82. The van der Waals surface area contributed by atoms with Crippen LogP contribution in [0.1, 0.15) is 18.4 Å². The summed E-state index contributed by atoms with van der Waals surface area (Å²) in [5.74, 6) is -1.13. The van der Waals surface area contributed by atoms with Gasteiger partial charge < -0.3 is 10.2 Å². The van der Waals surface area contributed by atoms with E-state index in [-0.39, 0.29) is 12.8 Å². The SMILES string of the molecule is O=C(O)C1(O)CCN(Cc2ccccc2Cl)CC1. The molecule has 2 rings (SSSR count). The van der Waals surface area contributed by atoms with Crippen LogP contribution in [-0.2, 0) is 11.3 Å². The van der Waals surface area contributed by atoms with E-state index in [1.165, 1.54) is 0 Å². The van der Waals surface area contributed by atoms with Crippen molar-refractivity contribution in [1.29, 1.82) is 0 Å². The molecular formula is C13H16ClNO3. The second-order valence-electron chi connectivity index (χ2n) is 4.70. The molecule has 1 aromatic rings. The Bertz CT molecular complexity index is 442.